The topological polar surface area (TPSA) is 24.9 Å². The molecule has 0 spiro atoms. The number of anilines is 1. The van der Waals surface area contributed by atoms with E-state index in [1.807, 2.05) is 36.4 Å². The second kappa shape index (κ2) is 5.32. The Morgan fingerprint density at radius 2 is 2.12 bits per heavy atom. The fraction of sp³-hybridized carbons (Fsp3) is 0.0833. The van der Waals surface area contributed by atoms with Gasteiger partial charge in [-0.3, -0.25) is 0 Å². The zero-order valence-electron chi connectivity index (χ0n) is 8.45. The molecule has 2 aromatic rings. The van der Waals surface area contributed by atoms with Gasteiger partial charge in [0, 0.05) is 17.8 Å². The summed E-state index contributed by atoms with van der Waals surface area (Å²) in [6.45, 7) is 0.727. The molecule has 0 aliphatic heterocycles. The normalized spacial score (nSPS) is 10.1. The van der Waals surface area contributed by atoms with Crippen LogP contribution in [-0.4, -0.2) is 4.98 Å². The molecular formula is C12H10BrClN2. The maximum Gasteiger partial charge on any atom is 0.129 e. The average Bonchev–Trinajstić information content (AvgIpc) is 2.28. The first kappa shape index (κ1) is 11.4. The van der Waals surface area contributed by atoms with E-state index in [-0.39, 0.29) is 0 Å². The van der Waals surface area contributed by atoms with E-state index in [2.05, 4.69) is 26.2 Å². The number of benzene rings is 1. The van der Waals surface area contributed by atoms with Gasteiger partial charge in [-0.2, -0.15) is 0 Å². The van der Waals surface area contributed by atoms with Gasteiger partial charge in [-0.05, 0) is 45.8 Å². The number of rotatable bonds is 3. The molecule has 0 radical (unpaired) electrons. The van der Waals surface area contributed by atoms with Crippen LogP contribution >= 0.6 is 27.5 Å². The predicted molar refractivity (Wildman–Crippen MR) is 70.7 cm³/mol. The van der Waals surface area contributed by atoms with Gasteiger partial charge in [0.25, 0.3) is 0 Å². The maximum absolute atomic E-state index is 5.91. The van der Waals surface area contributed by atoms with Gasteiger partial charge in [0.2, 0.25) is 0 Å². The van der Waals surface area contributed by atoms with Crippen molar-refractivity contribution in [3.63, 3.8) is 0 Å². The molecule has 0 saturated heterocycles. The third kappa shape index (κ3) is 2.97. The molecule has 0 atom stereocenters. The lowest BCUT2D eigenvalue weighted by atomic mass is 10.2. The smallest absolute Gasteiger partial charge is 0.129 e. The van der Waals surface area contributed by atoms with Crippen LogP contribution in [0.4, 0.5) is 5.69 Å². The summed E-state index contributed by atoms with van der Waals surface area (Å²) in [5.74, 6) is 0. The number of hydrogen-bond acceptors (Lipinski definition) is 2. The van der Waals surface area contributed by atoms with Gasteiger partial charge < -0.3 is 5.32 Å². The first-order chi connectivity index (χ1) is 7.75. The van der Waals surface area contributed by atoms with Crippen LogP contribution in [0.5, 0.6) is 0 Å². The Labute approximate surface area is 108 Å². The standard InChI is InChI=1S/C12H10BrClN2/c13-12-11(5-2-6-15-12)16-8-9-3-1-4-10(14)7-9/h1-7,16H,8H2. The van der Waals surface area contributed by atoms with Crippen LogP contribution < -0.4 is 5.32 Å². The molecule has 1 heterocycles. The van der Waals surface area contributed by atoms with Crippen molar-refractivity contribution in [3.05, 3.63) is 57.8 Å². The van der Waals surface area contributed by atoms with Crippen molar-refractivity contribution >= 4 is 33.2 Å². The van der Waals surface area contributed by atoms with Gasteiger partial charge in [0.1, 0.15) is 4.60 Å². The summed E-state index contributed by atoms with van der Waals surface area (Å²) in [6.07, 6.45) is 1.74. The molecule has 82 valence electrons. The van der Waals surface area contributed by atoms with Crippen molar-refractivity contribution in [2.45, 2.75) is 6.54 Å². The lowest BCUT2D eigenvalue weighted by Crippen LogP contribution is -2.00. The van der Waals surface area contributed by atoms with Gasteiger partial charge in [0.15, 0.2) is 0 Å². The summed E-state index contributed by atoms with van der Waals surface area (Å²) < 4.78 is 0.817. The Hall–Kier alpha value is -1.06. The van der Waals surface area contributed by atoms with Crippen LogP contribution in [0.1, 0.15) is 5.56 Å². The van der Waals surface area contributed by atoms with E-state index in [4.69, 9.17) is 11.6 Å². The Morgan fingerprint density at radius 3 is 2.88 bits per heavy atom. The van der Waals surface area contributed by atoms with Gasteiger partial charge >= 0.3 is 0 Å². The van der Waals surface area contributed by atoms with Crippen molar-refractivity contribution in [3.8, 4) is 0 Å². The molecule has 16 heavy (non-hydrogen) atoms. The lowest BCUT2D eigenvalue weighted by Gasteiger charge is -2.07. The summed E-state index contributed by atoms with van der Waals surface area (Å²) >= 11 is 9.29. The molecule has 0 fully saturated rings. The van der Waals surface area contributed by atoms with E-state index in [1.165, 1.54) is 0 Å². The quantitative estimate of drug-likeness (QED) is 0.862. The van der Waals surface area contributed by atoms with E-state index in [0.29, 0.717) is 0 Å². The van der Waals surface area contributed by atoms with E-state index < -0.39 is 0 Å². The summed E-state index contributed by atoms with van der Waals surface area (Å²) in [7, 11) is 0. The molecule has 0 aliphatic rings. The zero-order valence-corrected chi connectivity index (χ0v) is 10.8. The minimum atomic E-state index is 0.727. The van der Waals surface area contributed by atoms with Crippen LogP contribution in [0.25, 0.3) is 0 Å². The van der Waals surface area contributed by atoms with E-state index in [0.717, 1.165) is 27.4 Å². The molecule has 0 aliphatic carbocycles. The highest BCUT2D eigenvalue weighted by atomic mass is 79.9. The molecule has 2 rings (SSSR count). The van der Waals surface area contributed by atoms with Crippen LogP contribution in [0.2, 0.25) is 5.02 Å². The molecule has 0 unspecified atom stereocenters. The number of pyridine rings is 1. The van der Waals surface area contributed by atoms with E-state index >= 15 is 0 Å². The molecular weight excluding hydrogens is 288 g/mol. The highest BCUT2D eigenvalue weighted by Gasteiger charge is 1.99. The lowest BCUT2D eigenvalue weighted by molar-refractivity contribution is 1.13. The van der Waals surface area contributed by atoms with Crippen LogP contribution in [0.3, 0.4) is 0 Å². The second-order valence-corrected chi connectivity index (χ2v) is 4.51. The third-order valence-electron chi connectivity index (χ3n) is 2.13. The minimum absolute atomic E-state index is 0.727. The highest BCUT2D eigenvalue weighted by Crippen LogP contribution is 2.19. The van der Waals surface area contributed by atoms with Crippen molar-refractivity contribution in [1.29, 1.82) is 0 Å². The Kier molecular flexibility index (Phi) is 3.80. The molecule has 4 heteroatoms. The van der Waals surface area contributed by atoms with E-state index in [9.17, 15) is 0 Å². The van der Waals surface area contributed by atoms with Crippen LogP contribution in [-0.2, 0) is 6.54 Å². The van der Waals surface area contributed by atoms with Gasteiger partial charge in [-0.15, -0.1) is 0 Å². The SMILES string of the molecule is Clc1cccc(CNc2cccnc2Br)c1. The van der Waals surface area contributed by atoms with E-state index in [1.54, 1.807) is 6.20 Å². The maximum atomic E-state index is 5.91. The summed E-state index contributed by atoms with van der Waals surface area (Å²) in [4.78, 5) is 4.14. The molecule has 0 amide bonds. The summed E-state index contributed by atoms with van der Waals surface area (Å²) in [5.41, 5.74) is 2.12. The molecule has 2 nitrogen and oxygen atoms in total. The molecule has 0 saturated carbocycles. The van der Waals surface area contributed by atoms with Gasteiger partial charge in [-0.25, -0.2) is 4.98 Å². The predicted octanol–water partition coefficient (Wildman–Crippen LogP) is 4.11. The number of aromatic nitrogens is 1. The monoisotopic (exact) mass is 296 g/mol. The summed E-state index contributed by atoms with van der Waals surface area (Å²) in [5, 5.41) is 4.04. The number of hydrogen-bond donors (Lipinski definition) is 1. The molecule has 1 N–H and O–H groups in total. The Balaban J connectivity index is 2.05. The van der Waals surface area contributed by atoms with Crippen molar-refractivity contribution in [1.82, 2.24) is 4.98 Å². The summed E-state index contributed by atoms with van der Waals surface area (Å²) in [6, 6.07) is 11.7. The average molecular weight is 298 g/mol. The fourth-order valence-electron chi connectivity index (χ4n) is 1.36. The fourth-order valence-corrected chi connectivity index (χ4v) is 1.97. The van der Waals surface area contributed by atoms with Gasteiger partial charge in [0.05, 0.1) is 5.69 Å². The number of nitrogens with one attached hydrogen (secondary N) is 1. The number of halogens is 2. The highest BCUT2D eigenvalue weighted by molar-refractivity contribution is 9.10. The minimum Gasteiger partial charge on any atom is -0.379 e. The Bertz CT molecular complexity index is 488. The molecule has 1 aromatic carbocycles. The Morgan fingerprint density at radius 1 is 1.25 bits per heavy atom. The van der Waals surface area contributed by atoms with Crippen molar-refractivity contribution < 1.29 is 0 Å². The molecule has 0 bridgehead atoms. The van der Waals surface area contributed by atoms with Crippen molar-refractivity contribution in [2.75, 3.05) is 5.32 Å². The van der Waals surface area contributed by atoms with Gasteiger partial charge in [-0.1, -0.05) is 23.7 Å². The van der Waals surface area contributed by atoms with Crippen LogP contribution in [0.15, 0.2) is 47.2 Å². The number of nitrogens with zero attached hydrogens (tertiary/aromatic N) is 1. The first-order valence-electron chi connectivity index (χ1n) is 4.84. The zero-order chi connectivity index (χ0) is 11.4. The van der Waals surface area contributed by atoms with Crippen LogP contribution in [0, 0.1) is 0 Å². The third-order valence-corrected chi connectivity index (χ3v) is 3.00. The van der Waals surface area contributed by atoms with Crippen molar-refractivity contribution in [2.24, 2.45) is 0 Å². The molecule has 1 aromatic heterocycles. The first-order valence-corrected chi connectivity index (χ1v) is 6.01. The second-order valence-electron chi connectivity index (χ2n) is 3.33. The largest absolute Gasteiger partial charge is 0.379 e.